The number of likely N-dealkylation sites (tertiary alicyclic amines) is 1. The van der Waals surface area contributed by atoms with Gasteiger partial charge < -0.3 is 9.80 Å². The van der Waals surface area contributed by atoms with Crippen molar-refractivity contribution in [3.05, 3.63) is 47.5 Å². The van der Waals surface area contributed by atoms with Gasteiger partial charge in [-0.25, -0.2) is 0 Å². The van der Waals surface area contributed by atoms with Gasteiger partial charge in [0.25, 0.3) is 0 Å². The predicted octanol–water partition coefficient (Wildman–Crippen LogP) is 5.04. The summed E-state index contributed by atoms with van der Waals surface area (Å²) in [6.07, 6.45) is 2.58. The molecule has 0 amide bonds. The molecule has 2 aliphatic heterocycles. The molecule has 2 aromatic rings. The van der Waals surface area contributed by atoms with Crippen LogP contribution in [0.25, 0.3) is 0 Å². The monoisotopic (exact) mass is 330 g/mol. The first kappa shape index (κ1) is 14.4. The van der Waals surface area contributed by atoms with Crippen LogP contribution in [0.4, 0.5) is 11.4 Å². The Kier molecular flexibility index (Phi) is 3.81. The van der Waals surface area contributed by atoms with Crippen molar-refractivity contribution in [1.29, 1.82) is 0 Å². The molecule has 0 aromatic heterocycles. The van der Waals surface area contributed by atoms with Crippen molar-refractivity contribution >= 4 is 34.7 Å². The van der Waals surface area contributed by atoms with Crippen molar-refractivity contribution in [3.63, 3.8) is 0 Å². The molecular formula is C18H19ClN2S. The summed E-state index contributed by atoms with van der Waals surface area (Å²) >= 11 is 8.11. The SMILES string of the molecule is CN1CCCC1CN1c2ccccc2Sc2ccc(Cl)cc21. The smallest absolute Gasteiger partial charge is 0.0568 e. The standard InChI is InChI=1S/C18H19ClN2S/c1-20-10-4-5-14(20)12-21-15-6-2-3-7-17(15)22-18-9-8-13(19)11-16(18)21/h2-3,6-9,11,14H,4-5,10,12H2,1H3. The molecule has 0 aliphatic carbocycles. The van der Waals surface area contributed by atoms with Gasteiger partial charge in [0.15, 0.2) is 0 Å². The van der Waals surface area contributed by atoms with E-state index in [0.717, 1.165) is 11.6 Å². The minimum atomic E-state index is 0.614. The summed E-state index contributed by atoms with van der Waals surface area (Å²) in [5.41, 5.74) is 2.55. The molecule has 2 nitrogen and oxygen atoms in total. The molecule has 0 spiro atoms. The van der Waals surface area contributed by atoms with E-state index in [2.05, 4.69) is 53.2 Å². The largest absolute Gasteiger partial charge is 0.338 e. The van der Waals surface area contributed by atoms with E-state index < -0.39 is 0 Å². The maximum absolute atomic E-state index is 6.27. The summed E-state index contributed by atoms with van der Waals surface area (Å²) in [6, 6.07) is 15.5. The second-order valence-electron chi connectivity index (χ2n) is 6.07. The average molecular weight is 331 g/mol. The summed E-state index contributed by atoms with van der Waals surface area (Å²) in [7, 11) is 2.24. The van der Waals surface area contributed by atoms with E-state index in [9.17, 15) is 0 Å². The highest BCUT2D eigenvalue weighted by Gasteiger charge is 2.29. The van der Waals surface area contributed by atoms with E-state index in [1.54, 1.807) is 0 Å². The fraction of sp³-hybridized carbons (Fsp3) is 0.333. The summed E-state index contributed by atoms with van der Waals surface area (Å²) in [5.74, 6) is 0. The van der Waals surface area contributed by atoms with Crippen molar-refractivity contribution in [2.45, 2.75) is 28.7 Å². The lowest BCUT2D eigenvalue weighted by molar-refractivity contribution is 0.315. The molecule has 0 N–H and O–H groups in total. The minimum absolute atomic E-state index is 0.614. The first-order chi connectivity index (χ1) is 10.7. The summed E-state index contributed by atoms with van der Waals surface area (Å²) < 4.78 is 0. The fourth-order valence-corrected chi connectivity index (χ4v) is 4.66. The Bertz CT molecular complexity index is 703. The second kappa shape index (κ2) is 5.80. The quantitative estimate of drug-likeness (QED) is 0.762. The molecule has 1 fully saturated rings. The molecule has 2 heterocycles. The highest BCUT2D eigenvalue weighted by Crippen LogP contribution is 2.49. The Morgan fingerprint density at radius 2 is 1.95 bits per heavy atom. The van der Waals surface area contributed by atoms with Gasteiger partial charge in [-0.3, -0.25) is 0 Å². The van der Waals surface area contributed by atoms with E-state index in [1.165, 1.54) is 40.6 Å². The molecule has 2 aliphatic rings. The zero-order valence-electron chi connectivity index (χ0n) is 12.6. The Morgan fingerprint density at radius 1 is 1.14 bits per heavy atom. The molecule has 0 bridgehead atoms. The summed E-state index contributed by atoms with van der Waals surface area (Å²) in [6.45, 7) is 2.23. The summed E-state index contributed by atoms with van der Waals surface area (Å²) in [4.78, 5) is 7.57. The molecule has 0 radical (unpaired) electrons. The van der Waals surface area contributed by atoms with Crippen LogP contribution in [0.3, 0.4) is 0 Å². The van der Waals surface area contributed by atoms with E-state index >= 15 is 0 Å². The Labute approximate surface area is 141 Å². The van der Waals surface area contributed by atoms with Gasteiger partial charge in [-0.15, -0.1) is 0 Å². The lowest BCUT2D eigenvalue weighted by Gasteiger charge is -2.36. The molecule has 22 heavy (non-hydrogen) atoms. The van der Waals surface area contributed by atoms with Crippen molar-refractivity contribution in [2.24, 2.45) is 0 Å². The Morgan fingerprint density at radius 3 is 2.77 bits per heavy atom. The van der Waals surface area contributed by atoms with Gasteiger partial charge >= 0.3 is 0 Å². The number of halogens is 1. The predicted molar refractivity (Wildman–Crippen MR) is 94.7 cm³/mol. The number of nitrogens with zero attached hydrogens (tertiary/aromatic N) is 2. The lowest BCUT2D eigenvalue weighted by Crippen LogP contribution is -2.37. The fourth-order valence-electron chi connectivity index (χ4n) is 3.42. The van der Waals surface area contributed by atoms with Crippen molar-refractivity contribution in [3.8, 4) is 0 Å². The normalized spacial score (nSPS) is 20.8. The zero-order chi connectivity index (χ0) is 15.1. The number of para-hydroxylation sites is 1. The topological polar surface area (TPSA) is 6.48 Å². The highest BCUT2D eigenvalue weighted by molar-refractivity contribution is 7.99. The second-order valence-corrected chi connectivity index (χ2v) is 7.59. The lowest BCUT2D eigenvalue weighted by atomic mass is 10.1. The number of anilines is 2. The van der Waals surface area contributed by atoms with Crippen LogP contribution in [-0.2, 0) is 0 Å². The molecule has 0 saturated carbocycles. The van der Waals surface area contributed by atoms with E-state index in [-0.39, 0.29) is 0 Å². The van der Waals surface area contributed by atoms with Crippen molar-refractivity contribution < 1.29 is 0 Å². The van der Waals surface area contributed by atoms with Gasteiger partial charge in [-0.2, -0.15) is 0 Å². The first-order valence-corrected chi connectivity index (χ1v) is 8.96. The molecule has 1 unspecified atom stereocenters. The highest BCUT2D eigenvalue weighted by atomic mass is 35.5. The van der Waals surface area contributed by atoms with Crippen molar-refractivity contribution in [2.75, 3.05) is 25.0 Å². The number of benzene rings is 2. The Balaban J connectivity index is 1.76. The van der Waals surface area contributed by atoms with Gasteiger partial charge in [0.05, 0.1) is 11.4 Å². The molecule has 1 saturated heterocycles. The van der Waals surface area contributed by atoms with Crippen LogP contribution in [-0.4, -0.2) is 31.1 Å². The van der Waals surface area contributed by atoms with E-state index in [4.69, 9.17) is 11.6 Å². The zero-order valence-corrected chi connectivity index (χ0v) is 14.2. The minimum Gasteiger partial charge on any atom is -0.338 e. The maximum Gasteiger partial charge on any atom is 0.0568 e. The van der Waals surface area contributed by atoms with Crippen LogP contribution in [0.5, 0.6) is 0 Å². The van der Waals surface area contributed by atoms with Crippen LogP contribution in [0, 0.1) is 0 Å². The molecule has 4 heteroatoms. The molecule has 2 aromatic carbocycles. The number of hydrogen-bond acceptors (Lipinski definition) is 3. The van der Waals surface area contributed by atoms with Crippen LogP contribution >= 0.6 is 23.4 Å². The number of likely N-dealkylation sites (N-methyl/N-ethyl adjacent to an activating group) is 1. The van der Waals surface area contributed by atoms with E-state index in [0.29, 0.717) is 6.04 Å². The summed E-state index contributed by atoms with van der Waals surface area (Å²) in [5, 5.41) is 0.809. The van der Waals surface area contributed by atoms with Gasteiger partial charge in [-0.05, 0) is 56.8 Å². The first-order valence-electron chi connectivity index (χ1n) is 7.76. The van der Waals surface area contributed by atoms with Gasteiger partial charge in [0, 0.05) is 27.4 Å². The van der Waals surface area contributed by atoms with Crippen LogP contribution < -0.4 is 4.90 Å². The average Bonchev–Trinajstić information content (AvgIpc) is 2.93. The molecule has 114 valence electrons. The number of rotatable bonds is 2. The van der Waals surface area contributed by atoms with Crippen LogP contribution in [0.1, 0.15) is 12.8 Å². The number of hydrogen-bond donors (Lipinski definition) is 0. The third-order valence-corrected chi connectivity index (χ3v) is 6.02. The molecule has 1 atom stereocenters. The van der Waals surface area contributed by atoms with Gasteiger partial charge in [0.1, 0.15) is 0 Å². The van der Waals surface area contributed by atoms with Crippen LogP contribution in [0.2, 0.25) is 5.02 Å². The third kappa shape index (κ3) is 2.51. The van der Waals surface area contributed by atoms with Gasteiger partial charge in [0.2, 0.25) is 0 Å². The van der Waals surface area contributed by atoms with Gasteiger partial charge in [-0.1, -0.05) is 35.5 Å². The molecule has 4 rings (SSSR count). The maximum atomic E-state index is 6.27. The third-order valence-electron chi connectivity index (χ3n) is 4.65. The van der Waals surface area contributed by atoms with Crippen LogP contribution in [0.15, 0.2) is 52.3 Å². The Hall–Kier alpha value is -1.16. The van der Waals surface area contributed by atoms with Crippen molar-refractivity contribution in [1.82, 2.24) is 4.90 Å². The van der Waals surface area contributed by atoms with E-state index in [1.807, 2.05) is 17.8 Å². The molecular weight excluding hydrogens is 312 g/mol. The number of fused-ring (bicyclic) bond motifs is 2.